The smallest absolute Gasteiger partial charge is 0.319 e. The Balaban J connectivity index is 1.49. The lowest BCUT2D eigenvalue weighted by Crippen LogP contribution is -2.35. The number of nitrogens with one attached hydrogen (secondary N) is 2. The van der Waals surface area contributed by atoms with Crippen molar-refractivity contribution in [1.29, 1.82) is 0 Å². The van der Waals surface area contributed by atoms with Gasteiger partial charge in [-0.05, 0) is 19.4 Å². The largest absolute Gasteiger partial charge is 0.390 e. The molecule has 25 heavy (non-hydrogen) atoms. The Kier molecular flexibility index (Phi) is 5.02. The first-order valence-corrected chi connectivity index (χ1v) is 8.36. The molecule has 2 N–H and O–H groups in total. The number of hydrogen-bond donors (Lipinski definition) is 2. The van der Waals surface area contributed by atoms with Gasteiger partial charge in [0.1, 0.15) is 11.4 Å². The van der Waals surface area contributed by atoms with Crippen molar-refractivity contribution in [3.8, 4) is 0 Å². The fourth-order valence-electron chi connectivity index (χ4n) is 2.64. The molecule has 7 nitrogen and oxygen atoms in total. The molecule has 7 heteroatoms. The minimum absolute atomic E-state index is 0.170. The molecule has 1 aromatic carbocycles. The fourth-order valence-corrected chi connectivity index (χ4v) is 2.64. The first-order chi connectivity index (χ1) is 12.1. The number of nitrogens with zero attached hydrogens (tertiary/aromatic N) is 2. The molecule has 0 fully saturated rings. The lowest BCUT2D eigenvalue weighted by Gasteiger charge is -2.11. The van der Waals surface area contributed by atoms with Crippen molar-refractivity contribution in [1.82, 2.24) is 10.5 Å². The summed E-state index contributed by atoms with van der Waals surface area (Å²) in [7, 11) is 0. The topological polar surface area (TPSA) is 88.8 Å². The van der Waals surface area contributed by atoms with Crippen LogP contribution in [0.4, 0.5) is 10.5 Å². The third-order valence-corrected chi connectivity index (χ3v) is 4.10. The Morgan fingerprint density at radius 3 is 2.76 bits per heavy atom. The first-order valence-electron chi connectivity index (χ1n) is 8.36. The third-order valence-electron chi connectivity index (χ3n) is 4.10. The molecule has 132 valence electrons. The number of rotatable bonds is 5. The van der Waals surface area contributed by atoms with E-state index in [-0.39, 0.29) is 12.1 Å². The number of aromatic nitrogens is 1. The van der Waals surface area contributed by atoms with Crippen molar-refractivity contribution in [3.05, 3.63) is 46.8 Å². The molecule has 0 saturated heterocycles. The van der Waals surface area contributed by atoms with Crippen LogP contribution in [0.1, 0.15) is 35.9 Å². The Morgan fingerprint density at radius 2 is 2.04 bits per heavy atom. The van der Waals surface area contributed by atoms with E-state index in [0.717, 1.165) is 11.3 Å². The first kappa shape index (κ1) is 17.0. The highest BCUT2D eigenvalue weighted by molar-refractivity contribution is 6.01. The molecule has 2 heterocycles. The van der Waals surface area contributed by atoms with Gasteiger partial charge in [-0.1, -0.05) is 47.1 Å². The van der Waals surface area contributed by atoms with Crippen LogP contribution < -0.4 is 10.6 Å². The van der Waals surface area contributed by atoms with Gasteiger partial charge in [-0.3, -0.25) is 0 Å². The number of carbonyl (C=O) groups excluding carboxylic acids is 1. The lowest BCUT2D eigenvalue weighted by molar-refractivity contribution is 0.0870. The van der Waals surface area contributed by atoms with Gasteiger partial charge in [0, 0.05) is 12.8 Å². The van der Waals surface area contributed by atoms with E-state index >= 15 is 0 Å². The molecular formula is C18H22N4O3. The van der Waals surface area contributed by atoms with E-state index < -0.39 is 0 Å². The van der Waals surface area contributed by atoms with Crippen molar-refractivity contribution < 1.29 is 14.2 Å². The second kappa shape index (κ2) is 7.38. The summed E-state index contributed by atoms with van der Waals surface area (Å²) in [5, 5.41) is 13.6. The molecule has 1 atom stereocenters. The molecule has 1 aromatic heterocycles. The van der Waals surface area contributed by atoms with Crippen molar-refractivity contribution >= 4 is 17.4 Å². The van der Waals surface area contributed by atoms with Crippen molar-refractivity contribution in [2.24, 2.45) is 5.16 Å². The van der Waals surface area contributed by atoms with Crippen molar-refractivity contribution in [2.45, 2.75) is 39.7 Å². The van der Waals surface area contributed by atoms with Gasteiger partial charge in [0.25, 0.3) is 0 Å². The zero-order valence-corrected chi connectivity index (χ0v) is 14.6. The average molecular weight is 342 g/mol. The molecule has 0 saturated carbocycles. The summed E-state index contributed by atoms with van der Waals surface area (Å²) >= 11 is 0. The Labute approximate surface area is 146 Å². The quantitative estimate of drug-likeness (QED) is 0.873. The summed E-state index contributed by atoms with van der Waals surface area (Å²) in [5.41, 5.74) is 4.44. The Bertz CT molecular complexity index is 780. The van der Waals surface area contributed by atoms with Crippen LogP contribution in [-0.2, 0) is 11.3 Å². The molecule has 0 aliphatic carbocycles. The predicted octanol–water partition coefficient (Wildman–Crippen LogP) is 3.17. The van der Waals surface area contributed by atoms with Crippen LogP contribution in [0.15, 0.2) is 33.9 Å². The molecule has 0 bridgehead atoms. The number of amides is 2. The molecule has 0 radical (unpaired) electrons. The van der Waals surface area contributed by atoms with E-state index in [4.69, 9.17) is 9.36 Å². The van der Waals surface area contributed by atoms with Gasteiger partial charge < -0.3 is 20.0 Å². The highest BCUT2D eigenvalue weighted by Gasteiger charge is 2.23. The summed E-state index contributed by atoms with van der Waals surface area (Å²) in [6.45, 7) is 6.15. The predicted molar refractivity (Wildman–Crippen MR) is 94.8 cm³/mol. The molecule has 2 aromatic rings. The molecular weight excluding hydrogens is 320 g/mol. The van der Waals surface area contributed by atoms with Gasteiger partial charge in [0.05, 0.1) is 12.3 Å². The van der Waals surface area contributed by atoms with Crippen LogP contribution in [0.2, 0.25) is 0 Å². The van der Waals surface area contributed by atoms with E-state index in [0.29, 0.717) is 36.5 Å². The third kappa shape index (κ3) is 3.99. The van der Waals surface area contributed by atoms with E-state index in [2.05, 4.69) is 20.9 Å². The van der Waals surface area contributed by atoms with Gasteiger partial charge in [0.15, 0.2) is 11.9 Å². The number of aryl methyl sites for hydroxylation is 3. The minimum atomic E-state index is -0.312. The maximum Gasteiger partial charge on any atom is 0.319 e. The molecule has 0 spiro atoms. The van der Waals surface area contributed by atoms with E-state index in [1.807, 2.05) is 38.1 Å². The zero-order valence-electron chi connectivity index (χ0n) is 14.6. The number of carbonyl (C=O) groups is 1. The summed E-state index contributed by atoms with van der Waals surface area (Å²) in [6.07, 6.45) is 1.16. The summed E-state index contributed by atoms with van der Waals surface area (Å²) in [5.74, 6) is 0.662. The van der Waals surface area contributed by atoms with Gasteiger partial charge in [-0.25, -0.2) is 4.79 Å². The standard InChI is InChI=1S/C18H22N4O3/c1-4-16-17(12(3)21-25-16)20-18(23)19-10-14-9-15(22-24-14)13-7-5-11(2)6-8-13/h5-8,14H,4,9-10H2,1-3H3,(H2,19,20,23)/t14-/m1/s1. The summed E-state index contributed by atoms with van der Waals surface area (Å²) < 4.78 is 5.16. The van der Waals surface area contributed by atoms with Gasteiger partial charge in [0.2, 0.25) is 0 Å². The second-order valence-corrected chi connectivity index (χ2v) is 6.09. The molecule has 3 rings (SSSR count). The Hall–Kier alpha value is -2.83. The molecule has 1 aliphatic heterocycles. The van der Waals surface area contributed by atoms with Crippen LogP contribution in [0, 0.1) is 13.8 Å². The lowest BCUT2D eigenvalue weighted by atomic mass is 10.0. The van der Waals surface area contributed by atoms with Crippen molar-refractivity contribution in [3.63, 3.8) is 0 Å². The number of urea groups is 1. The second-order valence-electron chi connectivity index (χ2n) is 6.09. The average Bonchev–Trinajstić information content (AvgIpc) is 3.21. The van der Waals surface area contributed by atoms with Gasteiger partial charge in [-0.2, -0.15) is 0 Å². The van der Waals surface area contributed by atoms with Crippen LogP contribution in [0.3, 0.4) is 0 Å². The SMILES string of the molecule is CCc1onc(C)c1NC(=O)NC[C@H]1CC(c2ccc(C)cc2)=NO1. The van der Waals surface area contributed by atoms with E-state index in [1.54, 1.807) is 6.92 Å². The van der Waals surface area contributed by atoms with Crippen molar-refractivity contribution in [2.75, 3.05) is 11.9 Å². The highest BCUT2D eigenvalue weighted by Crippen LogP contribution is 2.20. The van der Waals surface area contributed by atoms with Crippen LogP contribution in [0.25, 0.3) is 0 Å². The minimum Gasteiger partial charge on any atom is -0.390 e. The number of benzene rings is 1. The monoisotopic (exact) mass is 342 g/mol. The number of anilines is 1. The zero-order chi connectivity index (χ0) is 17.8. The summed E-state index contributed by atoms with van der Waals surface area (Å²) in [4.78, 5) is 17.5. The van der Waals surface area contributed by atoms with Crippen LogP contribution in [-0.4, -0.2) is 29.5 Å². The Morgan fingerprint density at radius 1 is 1.28 bits per heavy atom. The number of hydrogen-bond acceptors (Lipinski definition) is 5. The van der Waals surface area contributed by atoms with Crippen LogP contribution >= 0.6 is 0 Å². The van der Waals surface area contributed by atoms with Crippen LogP contribution in [0.5, 0.6) is 0 Å². The number of oxime groups is 1. The van der Waals surface area contributed by atoms with E-state index in [9.17, 15) is 4.79 Å². The maximum atomic E-state index is 12.1. The normalized spacial score (nSPS) is 16.3. The van der Waals surface area contributed by atoms with Gasteiger partial charge >= 0.3 is 6.03 Å². The molecule has 2 amide bonds. The molecule has 0 unspecified atom stereocenters. The summed E-state index contributed by atoms with van der Waals surface area (Å²) in [6, 6.07) is 7.84. The van der Waals surface area contributed by atoms with Gasteiger partial charge in [-0.15, -0.1) is 0 Å². The highest BCUT2D eigenvalue weighted by atomic mass is 16.6. The van der Waals surface area contributed by atoms with E-state index in [1.165, 1.54) is 5.56 Å². The molecule has 1 aliphatic rings. The maximum absolute atomic E-state index is 12.1. The fraction of sp³-hybridized carbons (Fsp3) is 0.389.